The van der Waals surface area contributed by atoms with Gasteiger partial charge in [0.15, 0.2) is 5.78 Å². The molecule has 0 radical (unpaired) electrons. The molecule has 2 heteroatoms. The first kappa shape index (κ1) is 10.5. The summed E-state index contributed by atoms with van der Waals surface area (Å²) < 4.78 is 0. The van der Waals surface area contributed by atoms with Crippen molar-refractivity contribution in [1.82, 2.24) is 0 Å². The summed E-state index contributed by atoms with van der Waals surface area (Å²) in [4.78, 5) is 11.0. The number of ketones is 1. The Hall–Kier alpha value is -1.57. The van der Waals surface area contributed by atoms with Crippen LogP contribution in [0, 0.1) is 0 Å². The van der Waals surface area contributed by atoms with Crippen LogP contribution in [0.25, 0.3) is 0 Å². The first-order chi connectivity index (χ1) is 6.63. The van der Waals surface area contributed by atoms with Crippen molar-refractivity contribution in [2.24, 2.45) is 0 Å². The van der Waals surface area contributed by atoms with E-state index in [-0.39, 0.29) is 11.8 Å². The van der Waals surface area contributed by atoms with Gasteiger partial charge in [-0.2, -0.15) is 0 Å². The quantitative estimate of drug-likeness (QED) is 0.583. The van der Waals surface area contributed by atoms with Crippen LogP contribution in [0.1, 0.15) is 24.2 Å². The Morgan fingerprint density at radius 3 is 2.43 bits per heavy atom. The molecule has 74 valence electrons. The number of benzene rings is 1. The van der Waals surface area contributed by atoms with Crippen LogP contribution in [0.5, 0.6) is 0 Å². The number of hydrogen-bond donors (Lipinski definition) is 1. The SMILES string of the molecule is C=CC(C)Nc1ccc(C(C)=O)cc1. The molecule has 0 saturated carbocycles. The monoisotopic (exact) mass is 189 g/mol. The molecule has 0 fully saturated rings. The van der Waals surface area contributed by atoms with Crippen LogP contribution in [0.2, 0.25) is 0 Å². The zero-order chi connectivity index (χ0) is 10.6. The van der Waals surface area contributed by atoms with Gasteiger partial charge < -0.3 is 5.32 Å². The Kier molecular flexibility index (Phi) is 3.46. The molecular weight excluding hydrogens is 174 g/mol. The lowest BCUT2D eigenvalue weighted by molar-refractivity contribution is 0.101. The molecule has 0 aliphatic heterocycles. The van der Waals surface area contributed by atoms with E-state index in [1.54, 1.807) is 6.92 Å². The maximum Gasteiger partial charge on any atom is 0.159 e. The molecule has 0 spiro atoms. The fraction of sp³-hybridized carbons (Fsp3) is 0.250. The number of Topliss-reactive ketones (excluding diaryl/α,β-unsaturated/α-hetero) is 1. The summed E-state index contributed by atoms with van der Waals surface area (Å²) in [6.07, 6.45) is 1.83. The molecule has 1 aromatic rings. The van der Waals surface area contributed by atoms with E-state index in [0.29, 0.717) is 0 Å². The van der Waals surface area contributed by atoms with Gasteiger partial charge in [0.1, 0.15) is 0 Å². The Bertz CT molecular complexity index is 327. The van der Waals surface area contributed by atoms with E-state index in [1.165, 1.54) is 0 Å². The second kappa shape index (κ2) is 4.61. The minimum atomic E-state index is 0.0910. The van der Waals surface area contributed by atoms with Gasteiger partial charge >= 0.3 is 0 Å². The molecule has 1 atom stereocenters. The van der Waals surface area contributed by atoms with Crippen molar-refractivity contribution in [3.8, 4) is 0 Å². The maximum absolute atomic E-state index is 11.0. The zero-order valence-electron chi connectivity index (χ0n) is 8.58. The van der Waals surface area contributed by atoms with E-state index in [9.17, 15) is 4.79 Å². The first-order valence-corrected chi connectivity index (χ1v) is 4.63. The van der Waals surface area contributed by atoms with Gasteiger partial charge in [0, 0.05) is 17.3 Å². The first-order valence-electron chi connectivity index (χ1n) is 4.63. The fourth-order valence-electron chi connectivity index (χ4n) is 1.12. The predicted molar refractivity (Wildman–Crippen MR) is 59.7 cm³/mol. The number of carbonyl (C=O) groups excluding carboxylic acids is 1. The summed E-state index contributed by atoms with van der Waals surface area (Å²) in [6.45, 7) is 7.27. The largest absolute Gasteiger partial charge is 0.379 e. The Morgan fingerprint density at radius 1 is 1.43 bits per heavy atom. The Labute approximate surface area is 84.6 Å². The lowest BCUT2D eigenvalue weighted by atomic mass is 10.1. The number of hydrogen-bond acceptors (Lipinski definition) is 2. The Morgan fingerprint density at radius 2 is 2.00 bits per heavy atom. The zero-order valence-corrected chi connectivity index (χ0v) is 8.58. The minimum absolute atomic E-state index is 0.0910. The summed E-state index contributed by atoms with van der Waals surface area (Å²) in [5, 5.41) is 3.23. The highest BCUT2D eigenvalue weighted by Crippen LogP contribution is 2.11. The molecule has 0 amide bonds. The van der Waals surface area contributed by atoms with Crippen molar-refractivity contribution in [3.05, 3.63) is 42.5 Å². The number of nitrogens with one attached hydrogen (secondary N) is 1. The summed E-state index contributed by atoms with van der Waals surface area (Å²) in [5.74, 6) is 0.0910. The molecule has 0 aromatic heterocycles. The van der Waals surface area contributed by atoms with Gasteiger partial charge in [-0.25, -0.2) is 0 Å². The third-order valence-electron chi connectivity index (χ3n) is 2.04. The van der Waals surface area contributed by atoms with Gasteiger partial charge in [-0.3, -0.25) is 4.79 Å². The van der Waals surface area contributed by atoms with E-state index in [2.05, 4.69) is 11.9 Å². The van der Waals surface area contributed by atoms with Crippen LogP contribution in [0.4, 0.5) is 5.69 Å². The summed E-state index contributed by atoms with van der Waals surface area (Å²) in [7, 11) is 0. The van der Waals surface area contributed by atoms with Crippen LogP contribution in [-0.2, 0) is 0 Å². The van der Waals surface area contributed by atoms with Crippen LogP contribution >= 0.6 is 0 Å². The van der Waals surface area contributed by atoms with E-state index in [4.69, 9.17) is 0 Å². The molecule has 0 aliphatic rings. The van der Waals surface area contributed by atoms with Gasteiger partial charge in [-0.05, 0) is 38.1 Å². The van der Waals surface area contributed by atoms with Gasteiger partial charge in [0.2, 0.25) is 0 Å². The lowest BCUT2D eigenvalue weighted by Crippen LogP contribution is -2.11. The molecule has 2 nitrogen and oxygen atoms in total. The Balaban J connectivity index is 2.73. The smallest absolute Gasteiger partial charge is 0.159 e. The average Bonchev–Trinajstić information content (AvgIpc) is 2.18. The highest BCUT2D eigenvalue weighted by molar-refractivity contribution is 5.94. The van der Waals surface area contributed by atoms with Crippen molar-refractivity contribution >= 4 is 11.5 Å². The standard InChI is InChI=1S/C12H15NO/c1-4-9(2)13-12-7-5-11(6-8-12)10(3)14/h4-9,13H,1H2,2-3H3. The van der Waals surface area contributed by atoms with E-state index >= 15 is 0 Å². The highest BCUT2D eigenvalue weighted by Gasteiger charge is 1.99. The summed E-state index contributed by atoms with van der Waals surface area (Å²) in [5.41, 5.74) is 1.74. The average molecular weight is 189 g/mol. The molecule has 0 aliphatic carbocycles. The molecule has 1 rings (SSSR count). The molecule has 0 heterocycles. The van der Waals surface area contributed by atoms with Crippen LogP contribution in [0.15, 0.2) is 36.9 Å². The van der Waals surface area contributed by atoms with Crippen molar-refractivity contribution in [3.63, 3.8) is 0 Å². The molecule has 1 N–H and O–H groups in total. The molecular formula is C12H15NO. The van der Waals surface area contributed by atoms with Gasteiger partial charge in [-0.1, -0.05) is 6.08 Å². The van der Waals surface area contributed by atoms with Crippen LogP contribution < -0.4 is 5.32 Å². The predicted octanol–water partition coefficient (Wildman–Crippen LogP) is 2.88. The van der Waals surface area contributed by atoms with Crippen LogP contribution in [-0.4, -0.2) is 11.8 Å². The van der Waals surface area contributed by atoms with Gasteiger partial charge in [0.05, 0.1) is 0 Å². The topological polar surface area (TPSA) is 29.1 Å². The fourth-order valence-corrected chi connectivity index (χ4v) is 1.12. The molecule has 0 bridgehead atoms. The van der Waals surface area contributed by atoms with E-state index in [1.807, 2.05) is 37.3 Å². The number of anilines is 1. The molecule has 1 unspecified atom stereocenters. The van der Waals surface area contributed by atoms with Gasteiger partial charge in [0.25, 0.3) is 0 Å². The van der Waals surface area contributed by atoms with Crippen LogP contribution in [0.3, 0.4) is 0 Å². The van der Waals surface area contributed by atoms with E-state index < -0.39 is 0 Å². The molecule has 1 aromatic carbocycles. The second-order valence-electron chi connectivity index (χ2n) is 3.30. The summed E-state index contributed by atoms with van der Waals surface area (Å²) in [6, 6.07) is 7.67. The molecule has 14 heavy (non-hydrogen) atoms. The van der Waals surface area contributed by atoms with E-state index in [0.717, 1.165) is 11.3 Å². The van der Waals surface area contributed by atoms with Crippen molar-refractivity contribution in [2.45, 2.75) is 19.9 Å². The van der Waals surface area contributed by atoms with Gasteiger partial charge in [-0.15, -0.1) is 6.58 Å². The highest BCUT2D eigenvalue weighted by atomic mass is 16.1. The summed E-state index contributed by atoms with van der Waals surface area (Å²) >= 11 is 0. The third kappa shape index (κ3) is 2.73. The van der Waals surface area contributed by atoms with Crippen molar-refractivity contribution in [2.75, 3.05) is 5.32 Å². The normalized spacial score (nSPS) is 11.9. The third-order valence-corrected chi connectivity index (χ3v) is 2.04. The van der Waals surface area contributed by atoms with Crippen molar-refractivity contribution in [1.29, 1.82) is 0 Å². The maximum atomic E-state index is 11.0. The molecule has 0 saturated heterocycles. The number of carbonyl (C=O) groups is 1. The second-order valence-corrected chi connectivity index (χ2v) is 3.30. The van der Waals surface area contributed by atoms with Crippen molar-refractivity contribution < 1.29 is 4.79 Å². The lowest BCUT2D eigenvalue weighted by Gasteiger charge is -2.10. The minimum Gasteiger partial charge on any atom is -0.379 e. The number of rotatable bonds is 4.